The van der Waals surface area contributed by atoms with Gasteiger partial charge in [-0.2, -0.15) is 0 Å². The van der Waals surface area contributed by atoms with Gasteiger partial charge < -0.3 is 14.6 Å². The number of thioether (sulfide) groups is 1. The second-order valence-corrected chi connectivity index (χ2v) is 11.2. The largest absolute Gasteiger partial charge is 0.459 e. The molecule has 3 rings (SSSR count). The van der Waals surface area contributed by atoms with Crippen LogP contribution in [0, 0.1) is 6.92 Å². The number of ether oxygens (including phenoxy) is 1. The highest BCUT2D eigenvalue weighted by Gasteiger charge is 2.21. The van der Waals surface area contributed by atoms with E-state index in [4.69, 9.17) is 4.74 Å². The first-order valence-corrected chi connectivity index (χ1v) is 13.3. The third-order valence-electron chi connectivity index (χ3n) is 4.25. The monoisotopic (exact) mass is 509 g/mol. The van der Waals surface area contributed by atoms with Crippen LogP contribution >= 0.6 is 23.1 Å². The number of anilines is 1. The third-order valence-corrected chi connectivity index (χ3v) is 7.95. The molecule has 1 N–H and O–H groups in total. The highest BCUT2D eigenvalue weighted by molar-refractivity contribution is 7.99. The lowest BCUT2D eigenvalue weighted by atomic mass is 10.4. The molecule has 0 aliphatic carbocycles. The number of esters is 1. The average Bonchev–Trinajstić information content (AvgIpc) is 3.28. The summed E-state index contributed by atoms with van der Waals surface area (Å²) in [5.41, 5.74) is 0.478. The van der Waals surface area contributed by atoms with Crippen molar-refractivity contribution in [2.24, 2.45) is 7.05 Å². The number of aromatic nitrogens is 4. The molecule has 3 aromatic rings. The lowest BCUT2D eigenvalue weighted by molar-refractivity contribution is -0.113. The van der Waals surface area contributed by atoms with Crippen LogP contribution in [0.4, 0.5) is 5.13 Å². The Kier molecular flexibility index (Phi) is 7.87. The number of thiazole rings is 1. The van der Waals surface area contributed by atoms with Crippen LogP contribution in [0.1, 0.15) is 35.0 Å². The molecule has 176 valence electrons. The summed E-state index contributed by atoms with van der Waals surface area (Å²) in [5, 5.41) is 11.3. The van der Waals surface area contributed by atoms with E-state index in [1.54, 1.807) is 50.6 Å². The zero-order chi connectivity index (χ0) is 24.2. The topological polar surface area (TPSA) is 133 Å². The summed E-state index contributed by atoms with van der Waals surface area (Å²) in [4.78, 5) is 29.2. The molecule has 0 radical (unpaired) electrons. The van der Waals surface area contributed by atoms with Crippen molar-refractivity contribution in [1.82, 2.24) is 19.7 Å². The second-order valence-electron chi connectivity index (χ2n) is 7.25. The molecule has 0 spiro atoms. The van der Waals surface area contributed by atoms with Gasteiger partial charge in [0.2, 0.25) is 5.91 Å². The Hall–Kier alpha value is -2.77. The van der Waals surface area contributed by atoms with Gasteiger partial charge in [-0.15, -0.1) is 10.2 Å². The van der Waals surface area contributed by atoms with Crippen molar-refractivity contribution < 1.29 is 22.7 Å². The summed E-state index contributed by atoms with van der Waals surface area (Å²) < 4.78 is 31.9. The number of hydrogen-bond acceptors (Lipinski definition) is 10. The first-order chi connectivity index (χ1) is 15.6. The van der Waals surface area contributed by atoms with Crippen molar-refractivity contribution in [3.8, 4) is 0 Å². The van der Waals surface area contributed by atoms with Crippen molar-refractivity contribution in [1.29, 1.82) is 0 Å². The minimum Gasteiger partial charge on any atom is -0.459 e. The van der Waals surface area contributed by atoms with Gasteiger partial charge in [0.25, 0.3) is 0 Å². The summed E-state index contributed by atoms with van der Waals surface area (Å²) in [5.74, 6) is -0.862. The molecule has 2 heterocycles. The Morgan fingerprint density at radius 3 is 2.58 bits per heavy atom. The molecule has 0 aliphatic rings. The third kappa shape index (κ3) is 6.39. The van der Waals surface area contributed by atoms with Crippen molar-refractivity contribution in [2.75, 3.05) is 11.1 Å². The van der Waals surface area contributed by atoms with Crippen LogP contribution in [0.15, 0.2) is 40.4 Å². The molecular formula is C20H23N5O5S3. The van der Waals surface area contributed by atoms with E-state index in [1.165, 1.54) is 12.1 Å². The highest BCUT2D eigenvalue weighted by Crippen LogP contribution is 2.25. The number of carbonyl (C=O) groups is 2. The minimum atomic E-state index is -3.57. The number of carbonyl (C=O) groups excluding carboxylic acids is 2. The maximum Gasteiger partial charge on any atom is 0.350 e. The molecule has 0 saturated heterocycles. The Balaban J connectivity index is 1.59. The van der Waals surface area contributed by atoms with Crippen LogP contribution in [0.3, 0.4) is 0 Å². The molecule has 0 atom stereocenters. The Morgan fingerprint density at radius 2 is 1.91 bits per heavy atom. The number of sulfone groups is 1. The fraction of sp³-hybridized carbons (Fsp3) is 0.350. The number of rotatable bonds is 9. The normalized spacial score (nSPS) is 11.5. The van der Waals surface area contributed by atoms with Crippen molar-refractivity contribution in [2.45, 2.75) is 42.7 Å². The summed E-state index contributed by atoms with van der Waals surface area (Å²) in [6.07, 6.45) is -0.257. The predicted octanol–water partition coefficient (Wildman–Crippen LogP) is 2.85. The lowest BCUT2D eigenvalue weighted by Gasteiger charge is -2.06. The molecule has 0 fully saturated rings. The number of amides is 1. The molecular weight excluding hydrogens is 486 g/mol. The molecule has 10 nitrogen and oxygen atoms in total. The van der Waals surface area contributed by atoms with E-state index >= 15 is 0 Å². The van der Waals surface area contributed by atoms with Gasteiger partial charge in [0.15, 0.2) is 20.1 Å². The summed E-state index contributed by atoms with van der Waals surface area (Å²) in [6.45, 7) is 5.18. The zero-order valence-electron chi connectivity index (χ0n) is 18.4. The molecule has 0 unspecified atom stereocenters. The van der Waals surface area contributed by atoms with Gasteiger partial charge in [0.1, 0.15) is 16.5 Å². The van der Waals surface area contributed by atoms with E-state index in [1.807, 2.05) is 0 Å². The van der Waals surface area contributed by atoms with Gasteiger partial charge in [-0.1, -0.05) is 41.3 Å². The standard InChI is InChI=1S/C20H23N5O5S3/c1-12(2)30-18(27)17-13(3)21-19(32-17)22-16(26)10-31-20-24-23-15(25(20)4)11-33(28,29)14-8-6-5-7-9-14/h5-9,12H,10-11H2,1-4H3,(H,21,22,26). The fourth-order valence-corrected chi connectivity index (χ4v) is 5.60. The molecule has 0 bridgehead atoms. The maximum absolute atomic E-state index is 12.6. The van der Waals surface area contributed by atoms with E-state index in [0.717, 1.165) is 23.1 Å². The second kappa shape index (κ2) is 10.4. The minimum absolute atomic E-state index is 0.00180. The molecule has 1 amide bonds. The number of nitrogens with one attached hydrogen (secondary N) is 1. The van der Waals surface area contributed by atoms with Gasteiger partial charge in [0.05, 0.1) is 22.4 Å². The highest BCUT2D eigenvalue weighted by atomic mass is 32.2. The Labute approximate surface area is 199 Å². The van der Waals surface area contributed by atoms with E-state index in [9.17, 15) is 18.0 Å². The molecule has 33 heavy (non-hydrogen) atoms. The Bertz CT molecular complexity index is 1250. The lowest BCUT2D eigenvalue weighted by Crippen LogP contribution is -2.14. The first kappa shape index (κ1) is 24.9. The predicted molar refractivity (Wildman–Crippen MR) is 125 cm³/mol. The summed E-state index contributed by atoms with van der Waals surface area (Å²) in [6, 6.07) is 8.11. The van der Waals surface area contributed by atoms with Crippen LogP contribution in [-0.2, 0) is 32.2 Å². The van der Waals surface area contributed by atoms with Crippen LogP contribution < -0.4 is 5.32 Å². The molecule has 0 aliphatic heterocycles. The summed E-state index contributed by atoms with van der Waals surface area (Å²) >= 11 is 2.15. The van der Waals surface area contributed by atoms with Crippen LogP contribution in [-0.4, -0.2) is 51.9 Å². The van der Waals surface area contributed by atoms with Crippen molar-refractivity contribution in [3.05, 3.63) is 46.7 Å². The van der Waals surface area contributed by atoms with Crippen molar-refractivity contribution >= 4 is 49.9 Å². The first-order valence-electron chi connectivity index (χ1n) is 9.84. The van der Waals surface area contributed by atoms with E-state index in [2.05, 4.69) is 20.5 Å². The Morgan fingerprint density at radius 1 is 1.21 bits per heavy atom. The maximum atomic E-state index is 12.6. The SMILES string of the molecule is Cc1nc(NC(=O)CSc2nnc(CS(=O)(=O)c3ccccc3)n2C)sc1C(=O)OC(C)C. The van der Waals surface area contributed by atoms with Crippen LogP contribution in [0.25, 0.3) is 0 Å². The number of hydrogen-bond donors (Lipinski definition) is 1. The van der Waals surface area contributed by atoms with Gasteiger partial charge >= 0.3 is 5.97 Å². The van der Waals surface area contributed by atoms with Crippen LogP contribution in [0.2, 0.25) is 0 Å². The quantitative estimate of drug-likeness (QED) is 0.341. The van der Waals surface area contributed by atoms with Crippen LogP contribution in [0.5, 0.6) is 0 Å². The van der Waals surface area contributed by atoms with E-state index in [0.29, 0.717) is 20.9 Å². The molecule has 2 aromatic heterocycles. The van der Waals surface area contributed by atoms with Gasteiger partial charge in [-0.05, 0) is 32.9 Å². The molecule has 13 heteroatoms. The number of nitrogens with zero attached hydrogens (tertiary/aromatic N) is 4. The fourth-order valence-electron chi connectivity index (χ4n) is 2.67. The van der Waals surface area contributed by atoms with E-state index < -0.39 is 15.8 Å². The number of benzene rings is 1. The average molecular weight is 510 g/mol. The van der Waals surface area contributed by atoms with Gasteiger partial charge in [-0.3, -0.25) is 4.79 Å². The molecule has 1 aromatic carbocycles. The van der Waals surface area contributed by atoms with E-state index in [-0.39, 0.29) is 34.2 Å². The summed E-state index contributed by atoms with van der Waals surface area (Å²) in [7, 11) is -1.92. The van der Waals surface area contributed by atoms with Gasteiger partial charge in [0, 0.05) is 7.05 Å². The number of aryl methyl sites for hydroxylation is 1. The smallest absolute Gasteiger partial charge is 0.350 e. The van der Waals surface area contributed by atoms with Crippen molar-refractivity contribution in [3.63, 3.8) is 0 Å². The molecule has 0 saturated carbocycles. The zero-order valence-corrected chi connectivity index (χ0v) is 20.9. The van der Waals surface area contributed by atoms with Gasteiger partial charge in [-0.25, -0.2) is 18.2 Å².